The molecule has 0 atom stereocenters. The number of aryl methyl sites for hydroxylation is 1. The van der Waals surface area contributed by atoms with Crippen molar-refractivity contribution in [3.05, 3.63) is 29.6 Å². The Labute approximate surface area is 112 Å². The molecule has 6 heteroatoms. The number of nitrogens with one attached hydrogen (secondary N) is 1. The summed E-state index contributed by atoms with van der Waals surface area (Å²) in [6, 6.07) is 3.93. The summed E-state index contributed by atoms with van der Waals surface area (Å²) in [5.41, 5.74) is -0.325. The van der Waals surface area contributed by atoms with Gasteiger partial charge in [0.05, 0.1) is 5.60 Å². The Bertz CT molecular complexity index is 565. The van der Waals surface area contributed by atoms with Crippen LogP contribution in [0.15, 0.2) is 23.1 Å². The molecule has 0 radical (unpaired) electrons. The van der Waals surface area contributed by atoms with Crippen LogP contribution >= 0.6 is 0 Å². The van der Waals surface area contributed by atoms with Crippen LogP contribution < -0.4 is 4.72 Å². The molecule has 0 aromatic heterocycles. The average molecular weight is 287 g/mol. The molecular formula is C13H18FNO3S. The molecule has 0 aliphatic heterocycles. The first-order valence-electron chi connectivity index (χ1n) is 6.31. The van der Waals surface area contributed by atoms with Crippen LogP contribution in [0.1, 0.15) is 31.2 Å². The van der Waals surface area contributed by atoms with E-state index in [2.05, 4.69) is 4.72 Å². The summed E-state index contributed by atoms with van der Waals surface area (Å²) in [5, 5.41) is 10.1. The zero-order valence-electron chi connectivity index (χ0n) is 10.8. The Morgan fingerprint density at radius 3 is 2.63 bits per heavy atom. The van der Waals surface area contributed by atoms with Gasteiger partial charge >= 0.3 is 0 Å². The van der Waals surface area contributed by atoms with Gasteiger partial charge in [-0.2, -0.15) is 0 Å². The van der Waals surface area contributed by atoms with Crippen molar-refractivity contribution in [2.75, 3.05) is 6.54 Å². The molecule has 4 nitrogen and oxygen atoms in total. The molecule has 0 saturated heterocycles. The maximum absolute atomic E-state index is 13.6. The van der Waals surface area contributed by atoms with Crippen molar-refractivity contribution in [1.29, 1.82) is 0 Å². The van der Waals surface area contributed by atoms with Gasteiger partial charge in [-0.1, -0.05) is 18.9 Å². The summed E-state index contributed by atoms with van der Waals surface area (Å²) in [6.45, 7) is 1.63. The van der Waals surface area contributed by atoms with Gasteiger partial charge in [-0.3, -0.25) is 0 Å². The second-order valence-electron chi connectivity index (χ2n) is 5.19. The van der Waals surface area contributed by atoms with E-state index in [1.54, 1.807) is 6.92 Å². The molecule has 2 rings (SSSR count). The lowest BCUT2D eigenvalue weighted by Crippen LogP contribution is -2.40. The summed E-state index contributed by atoms with van der Waals surface area (Å²) in [6.07, 6.45) is 2.92. The second kappa shape index (κ2) is 5.19. The highest BCUT2D eigenvalue weighted by Gasteiger charge is 2.33. The number of benzene rings is 1. The van der Waals surface area contributed by atoms with Crippen LogP contribution in [0, 0.1) is 12.7 Å². The van der Waals surface area contributed by atoms with Gasteiger partial charge in [0.25, 0.3) is 0 Å². The number of aliphatic hydroxyl groups is 1. The minimum absolute atomic E-state index is 0.0668. The van der Waals surface area contributed by atoms with Gasteiger partial charge in [0.2, 0.25) is 10.0 Å². The van der Waals surface area contributed by atoms with Crippen molar-refractivity contribution in [2.45, 2.75) is 43.1 Å². The highest BCUT2D eigenvalue weighted by Crippen LogP contribution is 2.29. The third-order valence-corrected chi connectivity index (χ3v) is 4.92. The molecule has 1 aromatic rings. The third-order valence-electron chi connectivity index (χ3n) is 3.50. The van der Waals surface area contributed by atoms with Crippen LogP contribution in [0.4, 0.5) is 4.39 Å². The number of hydrogen-bond donors (Lipinski definition) is 2. The molecule has 1 saturated carbocycles. The van der Waals surface area contributed by atoms with E-state index in [-0.39, 0.29) is 11.4 Å². The lowest BCUT2D eigenvalue weighted by molar-refractivity contribution is 0.0531. The van der Waals surface area contributed by atoms with E-state index >= 15 is 0 Å². The molecule has 1 aromatic carbocycles. The van der Waals surface area contributed by atoms with Crippen LogP contribution in [0.25, 0.3) is 0 Å². The molecule has 0 heterocycles. The second-order valence-corrected chi connectivity index (χ2v) is 6.93. The zero-order chi connectivity index (χ0) is 14.1. The van der Waals surface area contributed by atoms with Crippen LogP contribution in [-0.2, 0) is 10.0 Å². The van der Waals surface area contributed by atoms with Crippen molar-refractivity contribution in [3.8, 4) is 0 Å². The molecule has 0 bridgehead atoms. The van der Waals surface area contributed by atoms with Gasteiger partial charge < -0.3 is 5.11 Å². The average Bonchev–Trinajstić information content (AvgIpc) is 2.78. The normalized spacial score (nSPS) is 18.7. The van der Waals surface area contributed by atoms with E-state index in [4.69, 9.17) is 0 Å². The Morgan fingerprint density at radius 2 is 2.00 bits per heavy atom. The molecule has 1 aliphatic carbocycles. The number of hydrogen-bond acceptors (Lipinski definition) is 3. The minimum Gasteiger partial charge on any atom is -0.389 e. The van der Waals surface area contributed by atoms with Gasteiger partial charge in [0, 0.05) is 6.54 Å². The monoisotopic (exact) mass is 287 g/mol. The van der Waals surface area contributed by atoms with E-state index in [9.17, 15) is 17.9 Å². The molecule has 1 aliphatic rings. The zero-order valence-corrected chi connectivity index (χ0v) is 11.6. The molecule has 0 amide bonds. The van der Waals surface area contributed by atoms with Gasteiger partial charge in [-0.05, 0) is 37.5 Å². The first-order chi connectivity index (χ1) is 8.82. The van der Waals surface area contributed by atoms with Gasteiger partial charge in [0.15, 0.2) is 0 Å². The van der Waals surface area contributed by atoms with E-state index in [0.29, 0.717) is 18.4 Å². The van der Waals surface area contributed by atoms with E-state index in [1.807, 2.05) is 0 Å². The Morgan fingerprint density at radius 1 is 1.37 bits per heavy atom. The van der Waals surface area contributed by atoms with Crippen molar-refractivity contribution >= 4 is 10.0 Å². The predicted molar refractivity (Wildman–Crippen MR) is 69.7 cm³/mol. The maximum Gasteiger partial charge on any atom is 0.243 e. The largest absolute Gasteiger partial charge is 0.389 e. The van der Waals surface area contributed by atoms with Crippen LogP contribution in [0.2, 0.25) is 0 Å². The Kier molecular flexibility index (Phi) is 3.94. The standard InChI is InChI=1S/C13H18FNO3S/c1-10-4-5-11(14)12(8-10)19(17,18)15-9-13(16)6-2-3-7-13/h4-5,8,15-16H,2-3,6-7,9H2,1H3. The lowest BCUT2D eigenvalue weighted by Gasteiger charge is -2.22. The molecule has 106 valence electrons. The molecule has 0 unspecified atom stereocenters. The summed E-state index contributed by atoms with van der Waals surface area (Å²) < 4.78 is 40.0. The highest BCUT2D eigenvalue weighted by molar-refractivity contribution is 7.89. The predicted octanol–water partition coefficient (Wildman–Crippen LogP) is 1.72. The quantitative estimate of drug-likeness (QED) is 0.886. The topological polar surface area (TPSA) is 66.4 Å². The van der Waals surface area contributed by atoms with Crippen molar-refractivity contribution < 1.29 is 17.9 Å². The number of rotatable bonds is 4. The van der Waals surface area contributed by atoms with E-state index in [0.717, 1.165) is 18.9 Å². The molecule has 0 spiro atoms. The van der Waals surface area contributed by atoms with Gasteiger partial charge in [-0.15, -0.1) is 0 Å². The molecule has 19 heavy (non-hydrogen) atoms. The first kappa shape index (κ1) is 14.4. The van der Waals surface area contributed by atoms with Gasteiger partial charge in [0.1, 0.15) is 10.7 Å². The van der Waals surface area contributed by atoms with Crippen molar-refractivity contribution in [3.63, 3.8) is 0 Å². The summed E-state index contributed by atoms with van der Waals surface area (Å²) >= 11 is 0. The first-order valence-corrected chi connectivity index (χ1v) is 7.79. The smallest absolute Gasteiger partial charge is 0.243 e. The fraction of sp³-hybridized carbons (Fsp3) is 0.538. The van der Waals surface area contributed by atoms with Crippen molar-refractivity contribution in [2.24, 2.45) is 0 Å². The van der Waals surface area contributed by atoms with E-state index in [1.165, 1.54) is 12.1 Å². The summed E-state index contributed by atoms with van der Waals surface area (Å²) in [4.78, 5) is -0.367. The lowest BCUT2D eigenvalue weighted by atomic mass is 10.0. The van der Waals surface area contributed by atoms with Crippen LogP contribution in [-0.4, -0.2) is 25.7 Å². The van der Waals surface area contributed by atoms with E-state index < -0.39 is 21.4 Å². The number of sulfonamides is 1. The fourth-order valence-corrected chi connectivity index (χ4v) is 3.61. The SMILES string of the molecule is Cc1ccc(F)c(S(=O)(=O)NCC2(O)CCCC2)c1. The minimum atomic E-state index is -3.92. The number of halogens is 1. The Hall–Kier alpha value is -0.980. The van der Waals surface area contributed by atoms with Crippen molar-refractivity contribution in [1.82, 2.24) is 4.72 Å². The highest BCUT2D eigenvalue weighted by atomic mass is 32.2. The summed E-state index contributed by atoms with van der Waals surface area (Å²) in [5.74, 6) is -0.781. The fourth-order valence-electron chi connectivity index (χ4n) is 2.33. The Balaban J connectivity index is 2.16. The molecule has 2 N–H and O–H groups in total. The maximum atomic E-state index is 13.6. The molecular weight excluding hydrogens is 269 g/mol. The van der Waals surface area contributed by atoms with Gasteiger partial charge in [-0.25, -0.2) is 17.5 Å². The van der Waals surface area contributed by atoms with Crippen LogP contribution in [0.3, 0.4) is 0 Å². The third kappa shape index (κ3) is 3.32. The summed E-state index contributed by atoms with van der Waals surface area (Å²) in [7, 11) is -3.92. The molecule has 1 fully saturated rings. The van der Waals surface area contributed by atoms with Crippen LogP contribution in [0.5, 0.6) is 0 Å².